The number of rotatable bonds is 5. The molecule has 0 radical (unpaired) electrons. The number of halogens is 4. The van der Waals surface area contributed by atoms with Crippen molar-refractivity contribution in [1.29, 1.82) is 0 Å². The Bertz CT molecular complexity index is 879. The van der Waals surface area contributed by atoms with Crippen molar-refractivity contribution in [3.05, 3.63) is 65.8 Å². The molecule has 1 atom stereocenters. The summed E-state index contributed by atoms with van der Waals surface area (Å²) in [6.07, 6.45) is -2.13. The monoisotopic (exact) mass is 394 g/mol. The topological polar surface area (TPSA) is 27.1 Å². The average Bonchev–Trinajstić information content (AvgIpc) is 3.05. The first kappa shape index (κ1) is 20.2. The molecule has 1 aromatic heterocycles. The molecule has 28 heavy (non-hydrogen) atoms. The van der Waals surface area contributed by atoms with Crippen molar-refractivity contribution in [3.63, 3.8) is 0 Å². The first-order valence-corrected chi connectivity index (χ1v) is 9.13. The zero-order valence-electron chi connectivity index (χ0n) is 15.8. The van der Waals surface area contributed by atoms with Gasteiger partial charge in [-0.15, -0.1) is 0 Å². The number of hydrogen-bond donors (Lipinski definition) is 0. The van der Waals surface area contributed by atoms with Crippen LogP contribution in [-0.2, 0) is 6.54 Å². The second-order valence-electron chi connectivity index (χ2n) is 7.16. The molecular weight excluding hydrogens is 372 g/mol. The standard InChI is InChI=1S/C21H22F4N2O/c1-13(2)17(11-14(3)21(23,24)25)18-12-19-20(5-4-10-27(19)26-18)28-16-8-6-15(22)7-9-16/h6-9,11-13,20H,3-5,10H2,1-2H3/b17-11+. The summed E-state index contributed by atoms with van der Waals surface area (Å²) in [5.41, 5.74) is 0.866. The minimum atomic E-state index is -4.48. The maximum Gasteiger partial charge on any atom is 0.415 e. The smallest absolute Gasteiger partial charge is 0.415 e. The van der Waals surface area contributed by atoms with Gasteiger partial charge in [-0.2, -0.15) is 18.3 Å². The van der Waals surface area contributed by atoms with Crippen LogP contribution >= 0.6 is 0 Å². The third kappa shape index (κ3) is 4.46. The third-order valence-electron chi connectivity index (χ3n) is 4.68. The van der Waals surface area contributed by atoms with Crippen molar-refractivity contribution < 1.29 is 22.3 Å². The Morgan fingerprint density at radius 1 is 1.29 bits per heavy atom. The molecule has 2 heterocycles. The number of alkyl halides is 3. The fraction of sp³-hybridized carbons (Fsp3) is 0.381. The zero-order valence-corrected chi connectivity index (χ0v) is 15.8. The van der Waals surface area contributed by atoms with Crippen LogP contribution in [0.15, 0.2) is 48.6 Å². The lowest BCUT2D eigenvalue weighted by atomic mass is 9.96. The fourth-order valence-electron chi connectivity index (χ4n) is 3.19. The number of aromatic nitrogens is 2. The SMILES string of the molecule is C=C(/C=C(/c1cc2n(n1)CCCC2Oc1ccc(F)cc1)C(C)C)C(F)(F)F. The average molecular weight is 394 g/mol. The van der Waals surface area contributed by atoms with Crippen LogP contribution in [0.3, 0.4) is 0 Å². The summed E-state index contributed by atoms with van der Waals surface area (Å²) in [7, 11) is 0. The van der Waals surface area contributed by atoms with Gasteiger partial charge in [-0.1, -0.05) is 20.4 Å². The van der Waals surface area contributed by atoms with E-state index >= 15 is 0 Å². The molecule has 0 bridgehead atoms. The Labute approximate surface area is 161 Å². The molecule has 7 heteroatoms. The van der Waals surface area contributed by atoms with E-state index < -0.39 is 11.7 Å². The van der Waals surface area contributed by atoms with Crippen LogP contribution in [0, 0.1) is 11.7 Å². The van der Waals surface area contributed by atoms with E-state index in [1.165, 1.54) is 12.1 Å². The molecule has 0 saturated carbocycles. The van der Waals surface area contributed by atoms with E-state index in [-0.39, 0.29) is 17.8 Å². The zero-order chi connectivity index (χ0) is 20.5. The quantitative estimate of drug-likeness (QED) is 0.453. The van der Waals surface area contributed by atoms with Crippen LogP contribution in [-0.4, -0.2) is 16.0 Å². The van der Waals surface area contributed by atoms with Gasteiger partial charge in [0.2, 0.25) is 0 Å². The number of aryl methyl sites for hydroxylation is 1. The number of hydrogen-bond acceptors (Lipinski definition) is 2. The van der Waals surface area contributed by atoms with Crippen LogP contribution < -0.4 is 4.74 Å². The molecule has 1 aliphatic rings. The highest BCUT2D eigenvalue weighted by molar-refractivity contribution is 5.67. The van der Waals surface area contributed by atoms with E-state index in [4.69, 9.17) is 4.74 Å². The highest BCUT2D eigenvalue weighted by atomic mass is 19.4. The predicted molar refractivity (Wildman–Crippen MR) is 99.2 cm³/mol. The van der Waals surface area contributed by atoms with E-state index in [1.54, 1.807) is 22.9 Å². The van der Waals surface area contributed by atoms with Crippen molar-refractivity contribution in [3.8, 4) is 5.75 Å². The van der Waals surface area contributed by atoms with E-state index in [2.05, 4.69) is 11.7 Å². The largest absolute Gasteiger partial charge is 0.484 e. The summed E-state index contributed by atoms with van der Waals surface area (Å²) >= 11 is 0. The van der Waals surface area contributed by atoms with Gasteiger partial charge in [-0.05, 0) is 60.7 Å². The molecule has 1 unspecified atom stereocenters. The summed E-state index contributed by atoms with van der Waals surface area (Å²) in [6, 6.07) is 7.53. The lowest BCUT2D eigenvalue weighted by Crippen LogP contribution is -2.20. The Morgan fingerprint density at radius 3 is 2.57 bits per heavy atom. The molecule has 1 aliphatic heterocycles. The Balaban J connectivity index is 1.91. The minimum Gasteiger partial charge on any atom is -0.484 e. The minimum absolute atomic E-state index is 0.160. The van der Waals surface area contributed by atoms with Gasteiger partial charge in [-0.3, -0.25) is 4.68 Å². The van der Waals surface area contributed by atoms with Gasteiger partial charge in [0, 0.05) is 12.1 Å². The third-order valence-corrected chi connectivity index (χ3v) is 4.68. The van der Waals surface area contributed by atoms with Crippen LogP contribution in [0.5, 0.6) is 5.75 Å². The second-order valence-corrected chi connectivity index (χ2v) is 7.16. The van der Waals surface area contributed by atoms with E-state index in [9.17, 15) is 17.6 Å². The second kappa shape index (κ2) is 7.81. The maximum absolute atomic E-state index is 13.1. The number of ether oxygens (including phenoxy) is 1. The molecular formula is C21H22F4N2O. The van der Waals surface area contributed by atoms with Crippen molar-refractivity contribution in [2.24, 2.45) is 5.92 Å². The number of fused-ring (bicyclic) bond motifs is 1. The number of allylic oxidation sites excluding steroid dienone is 3. The maximum atomic E-state index is 13.1. The Kier molecular flexibility index (Phi) is 5.63. The van der Waals surface area contributed by atoms with Crippen molar-refractivity contribution in [2.75, 3.05) is 0 Å². The summed E-state index contributed by atoms with van der Waals surface area (Å²) in [5.74, 6) is 0.0279. The van der Waals surface area contributed by atoms with Crippen molar-refractivity contribution in [2.45, 2.75) is 45.5 Å². The molecule has 150 valence electrons. The summed E-state index contributed by atoms with van der Waals surface area (Å²) in [6.45, 7) is 7.45. The van der Waals surface area contributed by atoms with Crippen molar-refractivity contribution in [1.82, 2.24) is 9.78 Å². The van der Waals surface area contributed by atoms with Crippen molar-refractivity contribution >= 4 is 5.57 Å². The van der Waals surface area contributed by atoms with Gasteiger partial charge in [0.05, 0.1) is 11.4 Å². The summed E-state index contributed by atoms with van der Waals surface area (Å²) in [4.78, 5) is 0. The predicted octanol–water partition coefficient (Wildman–Crippen LogP) is 6.09. The molecule has 2 aromatic rings. The van der Waals surface area contributed by atoms with Crippen LogP contribution in [0.1, 0.15) is 44.2 Å². The number of benzene rings is 1. The fourth-order valence-corrected chi connectivity index (χ4v) is 3.19. The van der Waals surface area contributed by atoms with E-state index in [1.807, 2.05) is 13.8 Å². The van der Waals surface area contributed by atoms with E-state index in [0.29, 0.717) is 23.6 Å². The molecule has 0 spiro atoms. The molecule has 0 saturated heterocycles. The van der Waals surface area contributed by atoms with Crippen LogP contribution in [0.2, 0.25) is 0 Å². The van der Waals surface area contributed by atoms with Gasteiger partial charge >= 0.3 is 6.18 Å². The molecule has 0 fully saturated rings. The first-order chi connectivity index (χ1) is 13.1. The highest BCUT2D eigenvalue weighted by Crippen LogP contribution is 2.35. The number of nitrogens with zero attached hydrogens (tertiary/aromatic N) is 2. The molecule has 3 rings (SSSR count). The Morgan fingerprint density at radius 2 is 1.96 bits per heavy atom. The lowest BCUT2D eigenvalue weighted by Gasteiger charge is -2.24. The molecule has 0 amide bonds. The van der Waals surface area contributed by atoms with Gasteiger partial charge < -0.3 is 4.74 Å². The first-order valence-electron chi connectivity index (χ1n) is 9.13. The molecule has 0 aliphatic carbocycles. The van der Waals surface area contributed by atoms with E-state index in [0.717, 1.165) is 24.6 Å². The molecule has 1 aromatic carbocycles. The van der Waals surface area contributed by atoms with Gasteiger partial charge in [0.1, 0.15) is 17.7 Å². The lowest BCUT2D eigenvalue weighted by molar-refractivity contribution is -0.0877. The van der Waals surface area contributed by atoms with Crippen LogP contribution in [0.4, 0.5) is 17.6 Å². The van der Waals surface area contributed by atoms with Gasteiger partial charge in [0.25, 0.3) is 0 Å². The van der Waals surface area contributed by atoms with Gasteiger partial charge in [-0.25, -0.2) is 4.39 Å². The summed E-state index contributed by atoms with van der Waals surface area (Å²) in [5, 5.41) is 4.51. The summed E-state index contributed by atoms with van der Waals surface area (Å²) < 4.78 is 59.7. The van der Waals surface area contributed by atoms with Crippen LogP contribution in [0.25, 0.3) is 5.57 Å². The Hall–Kier alpha value is -2.57. The molecule has 3 nitrogen and oxygen atoms in total. The highest BCUT2D eigenvalue weighted by Gasteiger charge is 2.32. The normalized spacial score (nSPS) is 17.5. The molecule has 0 N–H and O–H groups in total. The van der Waals surface area contributed by atoms with Gasteiger partial charge in [0.15, 0.2) is 0 Å².